The quantitative estimate of drug-likeness (QED) is 0.292. The summed E-state index contributed by atoms with van der Waals surface area (Å²) in [5.41, 5.74) is 4.97. The highest BCUT2D eigenvalue weighted by atomic mass is 35.5. The molecule has 0 heterocycles. The molecule has 1 atom stereocenters. The Morgan fingerprint density at radius 1 is 1.38 bits per heavy atom. The zero-order valence-corrected chi connectivity index (χ0v) is 14.4. The van der Waals surface area contributed by atoms with Crippen LogP contribution in [0.25, 0.3) is 0 Å². The third kappa shape index (κ3) is 6.37. The van der Waals surface area contributed by atoms with Crippen molar-refractivity contribution in [3.05, 3.63) is 34.4 Å². The zero-order valence-electron chi connectivity index (χ0n) is 12.8. The molecule has 136 valence electrons. The second kappa shape index (κ2) is 10.2. The van der Waals surface area contributed by atoms with E-state index in [2.05, 4.69) is 10.0 Å². The predicted octanol–water partition coefficient (Wildman–Crippen LogP) is -0.615. The van der Waals surface area contributed by atoms with Crippen LogP contribution in [0.2, 0.25) is 0 Å². The third-order valence-corrected chi connectivity index (χ3v) is 4.26. The summed E-state index contributed by atoms with van der Waals surface area (Å²) >= 11 is 0. The lowest BCUT2D eigenvalue weighted by Gasteiger charge is -2.11. The van der Waals surface area contributed by atoms with Gasteiger partial charge in [0, 0.05) is 26.3 Å². The van der Waals surface area contributed by atoms with E-state index in [1.54, 1.807) is 0 Å². The summed E-state index contributed by atoms with van der Waals surface area (Å²) in [5.74, 6) is -0.489. The average Bonchev–Trinajstić information content (AvgIpc) is 2.51. The first-order valence-electron chi connectivity index (χ1n) is 6.55. The second-order valence-electron chi connectivity index (χ2n) is 4.48. The molecular formula is C12H19ClN4O6S. The number of carbonyl (C=O) groups excluding carboxylic acids is 1. The van der Waals surface area contributed by atoms with Gasteiger partial charge in [0.2, 0.25) is 15.9 Å². The van der Waals surface area contributed by atoms with Crippen LogP contribution in [0.5, 0.6) is 0 Å². The van der Waals surface area contributed by atoms with Crippen molar-refractivity contribution in [1.82, 2.24) is 10.0 Å². The topological polar surface area (TPSA) is 154 Å². The van der Waals surface area contributed by atoms with Gasteiger partial charge in [0.25, 0.3) is 5.69 Å². The molecule has 1 aromatic carbocycles. The number of nitro groups is 1. The summed E-state index contributed by atoms with van der Waals surface area (Å²) in [4.78, 5) is 21.1. The fourth-order valence-electron chi connectivity index (χ4n) is 1.67. The maximum atomic E-state index is 12.1. The molecule has 1 unspecified atom stereocenters. The number of nitrogens with two attached hydrogens (primary N) is 1. The number of carbonyl (C=O) groups is 1. The second-order valence-corrected chi connectivity index (χ2v) is 6.21. The number of nitrogens with one attached hydrogen (secondary N) is 2. The van der Waals surface area contributed by atoms with Crippen LogP contribution < -0.4 is 15.8 Å². The molecule has 1 aromatic rings. The Labute approximate surface area is 145 Å². The molecule has 0 aromatic heterocycles. The number of para-hydroxylation sites is 1. The van der Waals surface area contributed by atoms with Gasteiger partial charge in [-0.15, -0.1) is 12.4 Å². The summed E-state index contributed by atoms with van der Waals surface area (Å²) in [5, 5.41) is 13.3. The van der Waals surface area contributed by atoms with Crippen LogP contribution in [0.3, 0.4) is 0 Å². The Morgan fingerprint density at radius 3 is 2.58 bits per heavy atom. The molecular weight excluding hydrogens is 364 g/mol. The summed E-state index contributed by atoms with van der Waals surface area (Å²) in [6.45, 7) is -0.121. The summed E-state index contributed by atoms with van der Waals surface area (Å²) in [6, 6.07) is 4.13. The van der Waals surface area contributed by atoms with Crippen molar-refractivity contribution >= 4 is 34.0 Å². The van der Waals surface area contributed by atoms with Gasteiger partial charge in [0.1, 0.15) is 6.04 Å². The first-order valence-corrected chi connectivity index (χ1v) is 8.03. The van der Waals surface area contributed by atoms with Gasteiger partial charge in [0.05, 0.1) is 11.5 Å². The van der Waals surface area contributed by atoms with Gasteiger partial charge in [-0.2, -0.15) is 0 Å². The molecule has 0 aliphatic heterocycles. The first-order chi connectivity index (χ1) is 10.8. The minimum Gasteiger partial charge on any atom is -0.383 e. The van der Waals surface area contributed by atoms with Crippen molar-refractivity contribution in [2.24, 2.45) is 5.73 Å². The maximum absolute atomic E-state index is 12.1. The molecule has 24 heavy (non-hydrogen) atoms. The highest BCUT2D eigenvalue weighted by Gasteiger charge is 2.24. The summed E-state index contributed by atoms with van der Waals surface area (Å²) in [7, 11) is -2.67. The van der Waals surface area contributed by atoms with Gasteiger partial charge < -0.3 is 15.8 Å². The van der Waals surface area contributed by atoms with E-state index in [1.165, 1.54) is 19.2 Å². The van der Waals surface area contributed by atoms with Crippen molar-refractivity contribution < 1.29 is 22.9 Å². The number of amides is 1. The van der Waals surface area contributed by atoms with Crippen LogP contribution in [0.1, 0.15) is 0 Å². The number of halogens is 1. The number of sulfonamides is 1. The van der Waals surface area contributed by atoms with Crippen molar-refractivity contribution in [3.8, 4) is 0 Å². The molecule has 0 aliphatic carbocycles. The standard InChI is InChI=1S/C12H18N4O6S.ClH/c1-22-8-9(13)12(17)14-6-7-15-23(20,21)11-5-3-2-4-10(11)16(18)19;/h2-5,9,15H,6-8,13H2,1H3,(H,14,17);1H. The van der Waals surface area contributed by atoms with Gasteiger partial charge in [-0.25, -0.2) is 13.1 Å². The SMILES string of the molecule is COCC(N)C(=O)NCCNS(=O)(=O)c1ccccc1[N+](=O)[O-].Cl. The number of nitrogens with zero attached hydrogens (tertiary/aromatic N) is 1. The average molecular weight is 383 g/mol. The number of rotatable bonds is 9. The van der Waals surface area contributed by atoms with Crippen LogP contribution in [0, 0.1) is 10.1 Å². The Morgan fingerprint density at radius 2 is 2.00 bits per heavy atom. The molecule has 0 radical (unpaired) electrons. The van der Waals surface area contributed by atoms with E-state index in [4.69, 9.17) is 10.5 Å². The minimum absolute atomic E-state index is 0. The van der Waals surface area contributed by atoms with E-state index >= 15 is 0 Å². The molecule has 0 aliphatic rings. The van der Waals surface area contributed by atoms with Gasteiger partial charge in [-0.05, 0) is 6.07 Å². The van der Waals surface area contributed by atoms with Crippen molar-refractivity contribution in [3.63, 3.8) is 0 Å². The third-order valence-electron chi connectivity index (χ3n) is 2.75. The van der Waals surface area contributed by atoms with Crippen LogP contribution in [0.4, 0.5) is 5.69 Å². The molecule has 10 nitrogen and oxygen atoms in total. The van der Waals surface area contributed by atoms with Gasteiger partial charge in [0.15, 0.2) is 4.90 Å². The van der Waals surface area contributed by atoms with E-state index in [0.717, 1.165) is 12.1 Å². The van der Waals surface area contributed by atoms with E-state index in [1.807, 2.05) is 0 Å². The molecule has 4 N–H and O–H groups in total. The van der Waals surface area contributed by atoms with Crippen LogP contribution in [-0.2, 0) is 19.6 Å². The highest BCUT2D eigenvalue weighted by molar-refractivity contribution is 7.89. The number of methoxy groups -OCH3 is 1. The van der Waals surface area contributed by atoms with Gasteiger partial charge >= 0.3 is 0 Å². The molecule has 0 spiro atoms. The van der Waals surface area contributed by atoms with E-state index in [9.17, 15) is 23.3 Å². The van der Waals surface area contributed by atoms with Gasteiger partial charge in [-0.3, -0.25) is 14.9 Å². The van der Waals surface area contributed by atoms with E-state index in [-0.39, 0.29) is 32.1 Å². The number of benzene rings is 1. The normalized spacial score (nSPS) is 12.1. The lowest BCUT2D eigenvalue weighted by atomic mass is 10.3. The molecule has 0 saturated carbocycles. The number of hydrogen-bond donors (Lipinski definition) is 3. The molecule has 0 bridgehead atoms. The first kappa shape index (κ1) is 22.2. The highest BCUT2D eigenvalue weighted by Crippen LogP contribution is 2.22. The molecule has 1 rings (SSSR count). The van der Waals surface area contributed by atoms with Gasteiger partial charge in [-0.1, -0.05) is 12.1 Å². The number of nitro benzene ring substituents is 1. The fourth-order valence-corrected chi connectivity index (χ4v) is 2.87. The predicted molar refractivity (Wildman–Crippen MR) is 88.4 cm³/mol. The molecule has 0 saturated heterocycles. The fraction of sp³-hybridized carbons (Fsp3) is 0.417. The van der Waals surface area contributed by atoms with Crippen LogP contribution >= 0.6 is 12.4 Å². The minimum atomic E-state index is -4.06. The van der Waals surface area contributed by atoms with E-state index < -0.39 is 37.5 Å². The monoisotopic (exact) mass is 382 g/mol. The lowest BCUT2D eigenvalue weighted by molar-refractivity contribution is -0.387. The van der Waals surface area contributed by atoms with E-state index in [0.29, 0.717) is 0 Å². The zero-order chi connectivity index (χ0) is 17.5. The molecule has 12 heteroatoms. The van der Waals surface area contributed by atoms with Crippen LogP contribution in [-0.4, -0.2) is 52.1 Å². The molecule has 0 fully saturated rings. The Bertz CT molecular complexity index is 669. The Hall–Kier alpha value is -1.79. The van der Waals surface area contributed by atoms with Crippen molar-refractivity contribution in [2.75, 3.05) is 26.8 Å². The van der Waals surface area contributed by atoms with Crippen molar-refractivity contribution in [2.45, 2.75) is 10.9 Å². The molecule has 1 amide bonds. The summed E-state index contributed by atoms with van der Waals surface area (Å²) in [6.07, 6.45) is 0. The maximum Gasteiger partial charge on any atom is 0.289 e. The smallest absolute Gasteiger partial charge is 0.289 e. The Balaban J connectivity index is 0.00000529. The van der Waals surface area contributed by atoms with Crippen LogP contribution in [0.15, 0.2) is 29.2 Å². The largest absolute Gasteiger partial charge is 0.383 e. The van der Waals surface area contributed by atoms with Crippen molar-refractivity contribution in [1.29, 1.82) is 0 Å². The lowest BCUT2D eigenvalue weighted by Crippen LogP contribution is -2.45. The summed E-state index contributed by atoms with van der Waals surface area (Å²) < 4.78 is 31.0. The Kier molecular flexibility index (Phi) is 9.40. The number of ether oxygens (including phenoxy) is 1. The number of hydrogen-bond acceptors (Lipinski definition) is 7.